The molecule has 118 valence electrons. The molecule has 0 spiro atoms. The number of aryl methyl sites for hydroxylation is 2. The minimum absolute atomic E-state index is 0.00297. The highest BCUT2D eigenvalue weighted by Gasteiger charge is 2.37. The van der Waals surface area contributed by atoms with Crippen molar-refractivity contribution in [3.63, 3.8) is 0 Å². The maximum absolute atomic E-state index is 12.6. The molecule has 1 fully saturated rings. The summed E-state index contributed by atoms with van der Waals surface area (Å²) in [5, 5.41) is 9.17. The molecule has 2 heterocycles. The first-order chi connectivity index (χ1) is 9.56. The molecule has 1 N–H and O–H groups in total. The van der Waals surface area contributed by atoms with Gasteiger partial charge >= 0.3 is 5.97 Å². The molecular weight excluding hydrogens is 322 g/mol. The van der Waals surface area contributed by atoms with Gasteiger partial charge in [-0.25, -0.2) is 21.6 Å². The predicted octanol–water partition coefficient (Wildman–Crippen LogP) is 0.0137. The SMILES string of the molecule is Cc1oc(C)c(S(=O)(=O)N2CCS(=O)(=O)CC2)c1C(=O)O. The lowest BCUT2D eigenvalue weighted by Crippen LogP contribution is -2.44. The van der Waals surface area contributed by atoms with E-state index in [2.05, 4.69) is 0 Å². The zero-order chi connectivity index (χ0) is 16.0. The van der Waals surface area contributed by atoms with Crippen LogP contribution in [0.1, 0.15) is 21.9 Å². The van der Waals surface area contributed by atoms with Crippen LogP contribution in [0.25, 0.3) is 0 Å². The van der Waals surface area contributed by atoms with Gasteiger partial charge in [0.05, 0.1) is 11.5 Å². The summed E-state index contributed by atoms with van der Waals surface area (Å²) in [6.07, 6.45) is 0. The van der Waals surface area contributed by atoms with Crippen LogP contribution < -0.4 is 0 Å². The number of nitrogens with zero attached hydrogens (tertiary/aromatic N) is 1. The lowest BCUT2D eigenvalue weighted by molar-refractivity contribution is 0.0691. The predicted molar refractivity (Wildman–Crippen MR) is 72.6 cm³/mol. The summed E-state index contributed by atoms with van der Waals surface area (Å²) in [4.78, 5) is 10.9. The molecule has 21 heavy (non-hydrogen) atoms. The van der Waals surface area contributed by atoms with E-state index in [1.807, 2.05) is 0 Å². The van der Waals surface area contributed by atoms with Crippen LogP contribution in [-0.2, 0) is 19.9 Å². The van der Waals surface area contributed by atoms with Gasteiger partial charge in [0.1, 0.15) is 22.0 Å². The molecule has 0 amide bonds. The Labute approximate surface area is 122 Å². The van der Waals surface area contributed by atoms with Crippen molar-refractivity contribution in [1.82, 2.24) is 4.31 Å². The smallest absolute Gasteiger partial charge is 0.340 e. The first kappa shape index (κ1) is 16.0. The number of rotatable bonds is 3. The summed E-state index contributed by atoms with van der Waals surface area (Å²) < 4.78 is 54.0. The van der Waals surface area contributed by atoms with Crippen LogP contribution in [0.4, 0.5) is 0 Å². The molecule has 1 aliphatic rings. The van der Waals surface area contributed by atoms with Crippen molar-refractivity contribution in [3.8, 4) is 0 Å². The maximum atomic E-state index is 12.6. The van der Waals surface area contributed by atoms with Crippen LogP contribution in [0, 0.1) is 13.8 Å². The first-order valence-corrected chi connectivity index (χ1v) is 9.36. The summed E-state index contributed by atoms with van der Waals surface area (Å²) in [6.45, 7) is 2.37. The average Bonchev–Trinajstić information content (AvgIpc) is 2.64. The van der Waals surface area contributed by atoms with Crippen molar-refractivity contribution >= 4 is 25.8 Å². The summed E-state index contributed by atoms with van der Waals surface area (Å²) >= 11 is 0. The Hall–Kier alpha value is -1.39. The molecule has 1 saturated heterocycles. The van der Waals surface area contributed by atoms with E-state index in [9.17, 15) is 21.6 Å². The summed E-state index contributed by atoms with van der Waals surface area (Å²) in [5.41, 5.74) is -0.402. The molecular formula is C11H15NO7S2. The van der Waals surface area contributed by atoms with E-state index in [0.29, 0.717) is 0 Å². The molecule has 0 atom stereocenters. The highest BCUT2D eigenvalue weighted by molar-refractivity contribution is 7.92. The van der Waals surface area contributed by atoms with Crippen molar-refractivity contribution in [2.24, 2.45) is 0 Å². The Morgan fingerprint density at radius 2 is 1.71 bits per heavy atom. The number of hydrogen-bond acceptors (Lipinski definition) is 6. The third-order valence-electron chi connectivity index (χ3n) is 3.32. The van der Waals surface area contributed by atoms with Gasteiger partial charge in [0.15, 0.2) is 9.84 Å². The number of sulfonamides is 1. The van der Waals surface area contributed by atoms with Crippen molar-refractivity contribution in [1.29, 1.82) is 0 Å². The molecule has 0 bridgehead atoms. The molecule has 0 aromatic carbocycles. The average molecular weight is 337 g/mol. The third kappa shape index (κ3) is 2.83. The number of furan rings is 1. The van der Waals surface area contributed by atoms with Gasteiger partial charge in [-0.2, -0.15) is 4.31 Å². The Balaban J connectivity index is 2.49. The van der Waals surface area contributed by atoms with Gasteiger partial charge in [0.2, 0.25) is 10.0 Å². The Bertz CT molecular complexity index is 775. The van der Waals surface area contributed by atoms with Gasteiger partial charge in [-0.1, -0.05) is 0 Å². The fourth-order valence-corrected chi connectivity index (χ4v) is 5.53. The number of aromatic carboxylic acids is 1. The van der Waals surface area contributed by atoms with Crippen LogP contribution >= 0.6 is 0 Å². The Morgan fingerprint density at radius 1 is 1.19 bits per heavy atom. The van der Waals surface area contributed by atoms with E-state index < -0.39 is 36.3 Å². The van der Waals surface area contributed by atoms with Crippen LogP contribution in [0.2, 0.25) is 0 Å². The molecule has 0 unspecified atom stereocenters. The number of carboxylic acids is 1. The zero-order valence-corrected chi connectivity index (χ0v) is 13.1. The molecule has 2 rings (SSSR count). The van der Waals surface area contributed by atoms with E-state index in [-0.39, 0.29) is 36.1 Å². The Kier molecular flexibility index (Phi) is 3.89. The second-order valence-corrected chi connectivity index (χ2v) is 8.96. The van der Waals surface area contributed by atoms with Gasteiger partial charge in [-0.05, 0) is 13.8 Å². The first-order valence-electron chi connectivity index (χ1n) is 6.10. The minimum Gasteiger partial charge on any atom is -0.478 e. The van der Waals surface area contributed by atoms with Crippen molar-refractivity contribution in [3.05, 3.63) is 17.1 Å². The third-order valence-corrected chi connectivity index (χ3v) is 6.98. The van der Waals surface area contributed by atoms with E-state index in [1.54, 1.807) is 0 Å². The van der Waals surface area contributed by atoms with Crippen LogP contribution in [0.5, 0.6) is 0 Å². The number of hydrogen-bond donors (Lipinski definition) is 1. The van der Waals surface area contributed by atoms with Crippen LogP contribution in [-0.4, -0.2) is 56.8 Å². The maximum Gasteiger partial charge on any atom is 0.340 e. The molecule has 1 aromatic heterocycles. The van der Waals surface area contributed by atoms with E-state index >= 15 is 0 Å². The largest absolute Gasteiger partial charge is 0.478 e. The van der Waals surface area contributed by atoms with Crippen molar-refractivity contribution in [2.75, 3.05) is 24.6 Å². The molecule has 10 heteroatoms. The minimum atomic E-state index is -4.10. The van der Waals surface area contributed by atoms with Crippen molar-refractivity contribution < 1.29 is 31.2 Å². The number of carboxylic acid groups (broad SMARTS) is 1. The summed E-state index contributed by atoms with van der Waals surface area (Å²) in [6, 6.07) is 0. The van der Waals surface area contributed by atoms with E-state index in [0.717, 1.165) is 4.31 Å². The highest BCUT2D eigenvalue weighted by Crippen LogP contribution is 2.29. The van der Waals surface area contributed by atoms with Gasteiger partial charge in [0.25, 0.3) is 0 Å². The second-order valence-electron chi connectivity index (χ2n) is 4.78. The van der Waals surface area contributed by atoms with Crippen LogP contribution in [0.3, 0.4) is 0 Å². The Morgan fingerprint density at radius 3 is 2.19 bits per heavy atom. The van der Waals surface area contributed by atoms with Gasteiger partial charge in [-0.15, -0.1) is 0 Å². The molecule has 0 radical (unpaired) electrons. The van der Waals surface area contributed by atoms with Crippen molar-refractivity contribution in [2.45, 2.75) is 18.7 Å². The molecule has 1 aliphatic heterocycles. The highest BCUT2D eigenvalue weighted by atomic mass is 32.2. The second kappa shape index (κ2) is 5.11. The van der Waals surface area contributed by atoms with Gasteiger partial charge in [-0.3, -0.25) is 0 Å². The molecule has 0 aliphatic carbocycles. The lowest BCUT2D eigenvalue weighted by atomic mass is 10.2. The normalized spacial score (nSPS) is 19.5. The monoisotopic (exact) mass is 337 g/mol. The summed E-state index contributed by atoms with van der Waals surface area (Å²) in [7, 11) is -7.34. The summed E-state index contributed by atoms with van der Waals surface area (Å²) in [5.74, 6) is -1.95. The fraction of sp³-hybridized carbons (Fsp3) is 0.545. The quantitative estimate of drug-likeness (QED) is 0.824. The number of carbonyl (C=O) groups is 1. The van der Waals surface area contributed by atoms with Gasteiger partial charge in [0, 0.05) is 13.1 Å². The van der Waals surface area contributed by atoms with Crippen LogP contribution in [0.15, 0.2) is 9.31 Å². The number of sulfone groups is 1. The molecule has 1 aromatic rings. The fourth-order valence-electron chi connectivity index (χ4n) is 2.29. The lowest BCUT2D eigenvalue weighted by Gasteiger charge is -2.25. The molecule has 0 saturated carbocycles. The molecule has 8 nitrogen and oxygen atoms in total. The zero-order valence-electron chi connectivity index (χ0n) is 11.5. The van der Waals surface area contributed by atoms with E-state index in [4.69, 9.17) is 9.52 Å². The van der Waals surface area contributed by atoms with E-state index in [1.165, 1.54) is 13.8 Å². The van der Waals surface area contributed by atoms with Gasteiger partial charge < -0.3 is 9.52 Å². The standard InChI is InChI=1S/C11H15NO7S2/c1-7-9(11(13)14)10(8(2)19-7)21(17,18)12-3-5-20(15,16)6-4-12/h3-6H2,1-2H3,(H,13,14). The topological polar surface area (TPSA) is 122 Å².